The van der Waals surface area contributed by atoms with Gasteiger partial charge in [-0.2, -0.15) is 5.26 Å². The lowest BCUT2D eigenvalue weighted by atomic mass is 10.1. The first-order valence-corrected chi connectivity index (χ1v) is 4.86. The van der Waals surface area contributed by atoms with Crippen LogP contribution in [0.15, 0.2) is 18.2 Å². The van der Waals surface area contributed by atoms with E-state index < -0.39 is 0 Å². The minimum atomic E-state index is 0.752. The summed E-state index contributed by atoms with van der Waals surface area (Å²) in [7, 11) is 0. The van der Waals surface area contributed by atoms with Crippen LogP contribution in [0.3, 0.4) is 0 Å². The van der Waals surface area contributed by atoms with Gasteiger partial charge in [-0.25, -0.2) is 0 Å². The Kier molecular flexibility index (Phi) is 2.89. The van der Waals surface area contributed by atoms with Crippen LogP contribution in [0.4, 0.5) is 0 Å². The lowest BCUT2D eigenvalue weighted by molar-refractivity contribution is 1.31. The lowest BCUT2D eigenvalue weighted by Gasteiger charge is -2.00. The predicted molar refractivity (Wildman–Crippen MR) is 53.6 cm³/mol. The second-order valence-electron chi connectivity index (χ2n) is 2.39. The molecule has 0 saturated carbocycles. The van der Waals surface area contributed by atoms with Crippen LogP contribution in [-0.4, -0.2) is 0 Å². The molecule has 0 unspecified atom stereocenters. The lowest BCUT2D eigenvalue weighted by Crippen LogP contribution is -1.85. The Bertz CT molecular complexity index is 299. The number of hydrogen-bond acceptors (Lipinski definition) is 1. The fourth-order valence-corrected chi connectivity index (χ4v) is 1.71. The van der Waals surface area contributed by atoms with Crippen LogP contribution in [0, 0.1) is 18.3 Å². The Labute approximate surface area is 80.2 Å². The highest BCUT2D eigenvalue weighted by molar-refractivity contribution is 14.1. The molecule has 0 N–H and O–H groups in total. The maximum Gasteiger partial charge on any atom is 0.0991 e. The summed E-state index contributed by atoms with van der Waals surface area (Å²) in [6.07, 6.45) is 0. The molecule has 11 heavy (non-hydrogen) atoms. The van der Waals surface area contributed by atoms with E-state index in [4.69, 9.17) is 5.26 Å². The molecule has 0 heterocycles. The average molecular weight is 257 g/mol. The third-order valence-corrected chi connectivity index (χ3v) is 2.44. The van der Waals surface area contributed by atoms with Crippen LogP contribution < -0.4 is 0 Å². The van der Waals surface area contributed by atoms with E-state index in [1.807, 2.05) is 18.2 Å². The summed E-state index contributed by atoms with van der Waals surface area (Å²) in [4.78, 5) is 0. The summed E-state index contributed by atoms with van der Waals surface area (Å²) >= 11 is 2.30. The van der Waals surface area contributed by atoms with Gasteiger partial charge in [-0.05, 0) is 30.2 Å². The molecule has 1 rings (SSSR count). The predicted octanol–water partition coefficient (Wildman–Crippen LogP) is 2.80. The smallest absolute Gasteiger partial charge is 0.0991 e. The summed E-state index contributed by atoms with van der Waals surface area (Å²) in [5.41, 5.74) is 3.27. The minimum Gasteiger partial charge on any atom is -0.192 e. The summed E-state index contributed by atoms with van der Waals surface area (Å²) < 4.78 is 0.971. The standard InChI is InChI=1S/C9H8IN/c1-7-2-3-8(6-11)4-9(7)5-10/h2-4H,5H2,1H3. The monoisotopic (exact) mass is 257 g/mol. The number of aryl methyl sites for hydroxylation is 1. The van der Waals surface area contributed by atoms with Gasteiger partial charge < -0.3 is 0 Å². The van der Waals surface area contributed by atoms with Crippen LogP contribution in [0.25, 0.3) is 0 Å². The molecule has 56 valence electrons. The van der Waals surface area contributed by atoms with E-state index >= 15 is 0 Å². The molecule has 0 atom stereocenters. The average Bonchev–Trinajstić information content (AvgIpc) is 2.05. The van der Waals surface area contributed by atoms with E-state index in [0.717, 1.165) is 9.99 Å². The largest absolute Gasteiger partial charge is 0.192 e. The molecule has 0 fully saturated rings. The first-order valence-electron chi connectivity index (χ1n) is 3.33. The van der Waals surface area contributed by atoms with Gasteiger partial charge in [0, 0.05) is 4.43 Å². The zero-order valence-electron chi connectivity index (χ0n) is 6.26. The second-order valence-corrected chi connectivity index (χ2v) is 3.15. The SMILES string of the molecule is Cc1ccc(C#N)cc1CI. The summed E-state index contributed by atoms with van der Waals surface area (Å²) in [6, 6.07) is 7.92. The molecular weight excluding hydrogens is 249 g/mol. The number of nitrogens with zero attached hydrogens (tertiary/aromatic N) is 1. The van der Waals surface area contributed by atoms with Gasteiger partial charge in [0.1, 0.15) is 0 Å². The van der Waals surface area contributed by atoms with Crippen molar-refractivity contribution in [2.24, 2.45) is 0 Å². The highest BCUT2D eigenvalue weighted by Crippen LogP contribution is 2.13. The molecule has 0 spiro atoms. The Morgan fingerprint density at radius 2 is 2.27 bits per heavy atom. The van der Waals surface area contributed by atoms with E-state index in [9.17, 15) is 0 Å². The number of hydrogen-bond donors (Lipinski definition) is 0. The molecular formula is C9H8IN. The topological polar surface area (TPSA) is 23.8 Å². The molecule has 0 aromatic heterocycles. The van der Waals surface area contributed by atoms with Crippen molar-refractivity contribution in [1.82, 2.24) is 0 Å². The van der Waals surface area contributed by atoms with E-state index in [2.05, 4.69) is 35.6 Å². The Morgan fingerprint density at radius 3 is 2.82 bits per heavy atom. The zero-order valence-corrected chi connectivity index (χ0v) is 8.42. The van der Waals surface area contributed by atoms with Gasteiger partial charge in [0.2, 0.25) is 0 Å². The van der Waals surface area contributed by atoms with E-state index in [1.54, 1.807) is 0 Å². The molecule has 0 saturated heterocycles. The van der Waals surface area contributed by atoms with Crippen molar-refractivity contribution in [3.63, 3.8) is 0 Å². The van der Waals surface area contributed by atoms with Crippen LogP contribution >= 0.6 is 22.6 Å². The van der Waals surface area contributed by atoms with Gasteiger partial charge in [-0.1, -0.05) is 28.7 Å². The van der Waals surface area contributed by atoms with Gasteiger partial charge in [-0.15, -0.1) is 0 Å². The van der Waals surface area contributed by atoms with Crippen molar-refractivity contribution in [3.8, 4) is 6.07 Å². The number of rotatable bonds is 1. The van der Waals surface area contributed by atoms with Crippen molar-refractivity contribution in [3.05, 3.63) is 34.9 Å². The van der Waals surface area contributed by atoms with E-state index in [1.165, 1.54) is 11.1 Å². The summed E-state index contributed by atoms with van der Waals surface area (Å²) in [5, 5.41) is 8.60. The van der Waals surface area contributed by atoms with Gasteiger partial charge in [0.25, 0.3) is 0 Å². The molecule has 0 aliphatic heterocycles. The number of alkyl halides is 1. The van der Waals surface area contributed by atoms with Crippen molar-refractivity contribution in [2.45, 2.75) is 11.4 Å². The van der Waals surface area contributed by atoms with Gasteiger partial charge in [-0.3, -0.25) is 0 Å². The maximum atomic E-state index is 8.60. The van der Waals surface area contributed by atoms with Crippen molar-refractivity contribution >= 4 is 22.6 Å². The minimum absolute atomic E-state index is 0.752. The number of halogens is 1. The third-order valence-electron chi connectivity index (χ3n) is 1.62. The Hall–Kier alpha value is -0.560. The highest BCUT2D eigenvalue weighted by atomic mass is 127. The third kappa shape index (κ3) is 1.93. The number of nitriles is 1. The number of benzene rings is 1. The molecule has 0 amide bonds. The van der Waals surface area contributed by atoms with Crippen molar-refractivity contribution < 1.29 is 0 Å². The van der Waals surface area contributed by atoms with Crippen molar-refractivity contribution in [1.29, 1.82) is 5.26 Å². The zero-order chi connectivity index (χ0) is 8.27. The van der Waals surface area contributed by atoms with E-state index in [0.29, 0.717) is 0 Å². The van der Waals surface area contributed by atoms with Gasteiger partial charge in [0.05, 0.1) is 11.6 Å². The Morgan fingerprint density at radius 1 is 1.55 bits per heavy atom. The van der Waals surface area contributed by atoms with E-state index in [-0.39, 0.29) is 0 Å². The van der Waals surface area contributed by atoms with Crippen LogP contribution in [0.5, 0.6) is 0 Å². The molecule has 2 heteroatoms. The maximum absolute atomic E-state index is 8.60. The van der Waals surface area contributed by atoms with Gasteiger partial charge in [0.15, 0.2) is 0 Å². The molecule has 1 aromatic rings. The quantitative estimate of drug-likeness (QED) is 0.560. The van der Waals surface area contributed by atoms with Crippen LogP contribution in [-0.2, 0) is 4.43 Å². The first kappa shape index (κ1) is 8.54. The second kappa shape index (κ2) is 3.72. The molecule has 1 nitrogen and oxygen atoms in total. The molecule has 0 aliphatic carbocycles. The molecule has 0 bridgehead atoms. The molecule has 0 aliphatic rings. The summed E-state index contributed by atoms with van der Waals surface area (Å²) in [5.74, 6) is 0. The first-order chi connectivity index (χ1) is 5.27. The molecule has 1 aromatic carbocycles. The normalized spacial score (nSPS) is 9.18. The fourth-order valence-electron chi connectivity index (χ4n) is 0.885. The van der Waals surface area contributed by atoms with Gasteiger partial charge >= 0.3 is 0 Å². The molecule has 0 radical (unpaired) electrons. The highest BCUT2D eigenvalue weighted by Gasteiger charge is 1.96. The summed E-state index contributed by atoms with van der Waals surface area (Å²) in [6.45, 7) is 2.06. The van der Waals surface area contributed by atoms with Crippen LogP contribution in [0.2, 0.25) is 0 Å². The Balaban J connectivity index is 3.15. The van der Waals surface area contributed by atoms with Crippen molar-refractivity contribution in [2.75, 3.05) is 0 Å². The fraction of sp³-hybridized carbons (Fsp3) is 0.222. The van der Waals surface area contributed by atoms with Crippen LogP contribution in [0.1, 0.15) is 16.7 Å².